The number of aromatic nitrogens is 2. The van der Waals surface area contributed by atoms with Crippen molar-refractivity contribution in [1.82, 2.24) is 9.55 Å². The van der Waals surface area contributed by atoms with Gasteiger partial charge in [0.1, 0.15) is 18.3 Å². The molecule has 1 aliphatic rings. The third-order valence-corrected chi connectivity index (χ3v) is 2.99. The monoisotopic (exact) mass is 257 g/mol. The van der Waals surface area contributed by atoms with Crippen LogP contribution in [0, 0.1) is 6.92 Å². The molecular weight excluding hydrogens is 242 g/mol. The number of rotatable bonds is 2. The maximum Gasteiger partial charge on any atom is 0.330 e. The molecule has 4 atom stereocenters. The summed E-state index contributed by atoms with van der Waals surface area (Å²) in [6.07, 6.45) is -2.97. The van der Waals surface area contributed by atoms with Gasteiger partial charge in [-0.2, -0.15) is 0 Å². The van der Waals surface area contributed by atoms with Crippen molar-refractivity contribution in [1.29, 1.82) is 0 Å². The van der Waals surface area contributed by atoms with E-state index in [0.29, 0.717) is 5.56 Å². The maximum absolute atomic E-state index is 11.6. The zero-order chi connectivity index (χ0) is 13.4. The van der Waals surface area contributed by atoms with Crippen molar-refractivity contribution in [2.24, 2.45) is 5.73 Å². The smallest absolute Gasteiger partial charge is 0.330 e. The van der Waals surface area contributed by atoms with Crippen molar-refractivity contribution >= 4 is 0 Å². The van der Waals surface area contributed by atoms with Crippen molar-refractivity contribution in [3.8, 4) is 0 Å². The van der Waals surface area contributed by atoms with E-state index in [0.717, 1.165) is 4.57 Å². The van der Waals surface area contributed by atoms with E-state index in [9.17, 15) is 19.8 Å². The average Bonchev–Trinajstić information content (AvgIpc) is 2.61. The van der Waals surface area contributed by atoms with E-state index in [1.807, 2.05) is 0 Å². The normalized spacial score (nSPS) is 31.8. The second-order valence-electron chi connectivity index (χ2n) is 4.26. The minimum absolute atomic E-state index is 0.0197. The number of nitrogens with two attached hydrogens (primary N) is 1. The Balaban J connectivity index is 2.42. The molecule has 18 heavy (non-hydrogen) atoms. The van der Waals surface area contributed by atoms with Gasteiger partial charge in [0.25, 0.3) is 5.56 Å². The number of aromatic amines is 1. The fraction of sp³-hybridized carbons (Fsp3) is 0.600. The summed E-state index contributed by atoms with van der Waals surface area (Å²) in [5, 5.41) is 19.5. The lowest BCUT2D eigenvalue weighted by Crippen LogP contribution is -2.38. The Morgan fingerprint density at radius 2 is 2.11 bits per heavy atom. The molecule has 0 aromatic carbocycles. The van der Waals surface area contributed by atoms with Gasteiger partial charge >= 0.3 is 5.69 Å². The van der Waals surface area contributed by atoms with Crippen molar-refractivity contribution < 1.29 is 14.9 Å². The molecule has 0 bridgehead atoms. The third-order valence-electron chi connectivity index (χ3n) is 2.99. The Morgan fingerprint density at radius 1 is 1.44 bits per heavy atom. The molecule has 0 aliphatic carbocycles. The quantitative estimate of drug-likeness (QED) is 0.460. The van der Waals surface area contributed by atoms with E-state index in [-0.39, 0.29) is 6.54 Å². The van der Waals surface area contributed by atoms with Gasteiger partial charge in [-0.05, 0) is 6.92 Å². The molecule has 1 aliphatic heterocycles. The standard InChI is InChI=1S/C10H15N3O5/c1-4-3-13(10(17)12-8(4)16)9-7(15)6(14)5(2-11)18-9/h3,5-7,9,14-15H,2,11H2,1H3,(H,12,16,17)/t5-,6-,7+,9-/m1/s1. The minimum atomic E-state index is -1.28. The summed E-state index contributed by atoms with van der Waals surface area (Å²) in [6, 6.07) is 0. The highest BCUT2D eigenvalue weighted by molar-refractivity contribution is 5.03. The number of aryl methyl sites for hydroxylation is 1. The summed E-state index contributed by atoms with van der Waals surface area (Å²) in [6.45, 7) is 1.54. The Bertz CT molecular complexity index is 551. The number of nitrogens with one attached hydrogen (secondary N) is 1. The van der Waals surface area contributed by atoms with Crippen LogP contribution in [0.2, 0.25) is 0 Å². The van der Waals surface area contributed by atoms with Gasteiger partial charge in [-0.3, -0.25) is 14.3 Å². The van der Waals surface area contributed by atoms with Crippen LogP contribution < -0.4 is 17.0 Å². The topological polar surface area (TPSA) is 131 Å². The van der Waals surface area contributed by atoms with Crippen LogP contribution >= 0.6 is 0 Å². The number of aliphatic hydroxyl groups excluding tert-OH is 2. The van der Waals surface area contributed by atoms with Gasteiger partial charge in [-0.25, -0.2) is 4.79 Å². The van der Waals surface area contributed by atoms with Crippen LogP contribution in [0.25, 0.3) is 0 Å². The van der Waals surface area contributed by atoms with Crippen LogP contribution in [-0.2, 0) is 4.74 Å². The lowest BCUT2D eigenvalue weighted by molar-refractivity contribution is -0.0373. The summed E-state index contributed by atoms with van der Waals surface area (Å²) in [5.74, 6) is 0. The number of hydrogen-bond donors (Lipinski definition) is 4. The van der Waals surface area contributed by atoms with Crippen LogP contribution in [0.1, 0.15) is 11.8 Å². The van der Waals surface area contributed by atoms with E-state index < -0.39 is 35.8 Å². The minimum Gasteiger partial charge on any atom is -0.387 e. The Morgan fingerprint density at radius 3 is 2.67 bits per heavy atom. The van der Waals surface area contributed by atoms with E-state index in [4.69, 9.17) is 10.5 Å². The first-order valence-electron chi connectivity index (χ1n) is 5.49. The van der Waals surface area contributed by atoms with Crippen LogP contribution in [-0.4, -0.2) is 44.6 Å². The molecule has 2 heterocycles. The molecule has 8 nitrogen and oxygen atoms in total. The molecule has 8 heteroatoms. The summed E-state index contributed by atoms with van der Waals surface area (Å²) >= 11 is 0. The molecule has 2 rings (SSSR count). The second kappa shape index (κ2) is 4.65. The summed E-state index contributed by atoms with van der Waals surface area (Å²) < 4.78 is 6.35. The molecule has 1 aromatic rings. The first-order chi connectivity index (χ1) is 8.45. The lowest BCUT2D eigenvalue weighted by Gasteiger charge is -2.17. The first kappa shape index (κ1) is 13.0. The molecule has 5 N–H and O–H groups in total. The van der Waals surface area contributed by atoms with E-state index in [1.54, 1.807) is 0 Å². The van der Waals surface area contributed by atoms with Crippen LogP contribution in [0.3, 0.4) is 0 Å². The molecular formula is C10H15N3O5. The highest BCUT2D eigenvalue weighted by atomic mass is 16.6. The van der Waals surface area contributed by atoms with Gasteiger partial charge in [0.15, 0.2) is 6.23 Å². The molecule has 100 valence electrons. The molecule has 0 radical (unpaired) electrons. The van der Waals surface area contributed by atoms with Gasteiger partial charge in [0.2, 0.25) is 0 Å². The molecule has 0 unspecified atom stereocenters. The van der Waals surface area contributed by atoms with Crippen molar-refractivity contribution in [3.05, 3.63) is 32.6 Å². The molecule has 0 saturated carbocycles. The lowest BCUT2D eigenvalue weighted by atomic mass is 10.1. The zero-order valence-corrected chi connectivity index (χ0v) is 9.74. The van der Waals surface area contributed by atoms with E-state index in [2.05, 4.69) is 4.98 Å². The first-order valence-corrected chi connectivity index (χ1v) is 5.49. The van der Waals surface area contributed by atoms with Gasteiger partial charge in [-0.15, -0.1) is 0 Å². The Kier molecular flexibility index (Phi) is 3.35. The van der Waals surface area contributed by atoms with Crippen molar-refractivity contribution in [2.45, 2.75) is 31.5 Å². The number of hydrogen-bond acceptors (Lipinski definition) is 6. The molecule has 1 saturated heterocycles. The molecule has 1 fully saturated rings. The SMILES string of the molecule is Cc1cn([C@@H]2O[C@H](CN)[C@@H](O)[C@@H]2O)c(=O)[nH]c1=O. The fourth-order valence-electron chi connectivity index (χ4n) is 1.93. The predicted molar refractivity (Wildman–Crippen MR) is 61.0 cm³/mol. The Hall–Kier alpha value is -1.48. The average molecular weight is 257 g/mol. The maximum atomic E-state index is 11.6. The highest BCUT2D eigenvalue weighted by Crippen LogP contribution is 2.27. The van der Waals surface area contributed by atoms with Crippen molar-refractivity contribution in [2.75, 3.05) is 6.54 Å². The number of aliphatic hydroxyl groups is 2. The molecule has 0 amide bonds. The summed E-state index contributed by atoms with van der Waals surface area (Å²) in [7, 11) is 0. The second-order valence-corrected chi connectivity index (χ2v) is 4.26. The summed E-state index contributed by atoms with van der Waals surface area (Å²) in [5.41, 5.74) is 4.47. The van der Waals surface area contributed by atoms with Crippen LogP contribution in [0.15, 0.2) is 15.8 Å². The zero-order valence-electron chi connectivity index (χ0n) is 9.74. The van der Waals surface area contributed by atoms with Gasteiger partial charge in [0, 0.05) is 18.3 Å². The van der Waals surface area contributed by atoms with Crippen molar-refractivity contribution in [3.63, 3.8) is 0 Å². The number of nitrogens with zero attached hydrogens (tertiary/aromatic N) is 1. The molecule has 1 aromatic heterocycles. The van der Waals surface area contributed by atoms with Gasteiger partial charge in [-0.1, -0.05) is 0 Å². The highest BCUT2D eigenvalue weighted by Gasteiger charge is 2.43. The third kappa shape index (κ3) is 1.99. The summed E-state index contributed by atoms with van der Waals surface area (Å²) in [4.78, 5) is 25.0. The fourth-order valence-corrected chi connectivity index (χ4v) is 1.93. The van der Waals surface area contributed by atoms with Crippen LogP contribution in [0.5, 0.6) is 0 Å². The van der Waals surface area contributed by atoms with Gasteiger partial charge in [0.05, 0.1) is 0 Å². The van der Waals surface area contributed by atoms with E-state index in [1.165, 1.54) is 13.1 Å². The van der Waals surface area contributed by atoms with Crippen LogP contribution in [0.4, 0.5) is 0 Å². The molecule has 0 spiro atoms. The Labute approximate surface area is 102 Å². The van der Waals surface area contributed by atoms with Gasteiger partial charge < -0.3 is 20.7 Å². The predicted octanol–water partition coefficient (Wildman–Crippen LogP) is -2.58. The van der Waals surface area contributed by atoms with E-state index >= 15 is 0 Å². The largest absolute Gasteiger partial charge is 0.387 e. The number of ether oxygens (including phenoxy) is 1. The number of H-pyrrole nitrogens is 1.